The van der Waals surface area contributed by atoms with Gasteiger partial charge in [-0.25, -0.2) is 14.4 Å². The Morgan fingerprint density at radius 3 is 2.62 bits per heavy atom. The standard InChI is InChI=1S/C26H21ClFN5O4/c27-24-21(31-25(35)19(15-34)18-3-1-2-4-20(18)28)11-17(12-30-24)16-5-6-23-29-13-22(33(23)14-16)26(36)32-7-9-37-10-8-32/h1-6,11-15,19H,7-10H2,(H,31,35). The van der Waals surface area contributed by atoms with Crippen LogP contribution in [0.25, 0.3) is 16.8 Å². The molecule has 0 saturated carbocycles. The van der Waals surface area contributed by atoms with E-state index in [4.69, 9.17) is 16.3 Å². The summed E-state index contributed by atoms with van der Waals surface area (Å²) in [6.07, 6.45) is 5.18. The fraction of sp³-hybridized carbons (Fsp3) is 0.192. The van der Waals surface area contributed by atoms with Gasteiger partial charge in [-0.1, -0.05) is 29.8 Å². The van der Waals surface area contributed by atoms with E-state index >= 15 is 0 Å². The van der Waals surface area contributed by atoms with Gasteiger partial charge < -0.3 is 19.7 Å². The molecule has 0 aliphatic carbocycles. The number of imidazole rings is 1. The number of carbonyl (C=O) groups excluding carboxylic acids is 3. The molecule has 3 aromatic heterocycles. The number of ether oxygens (including phenoxy) is 1. The lowest BCUT2D eigenvalue weighted by molar-refractivity contribution is -0.122. The summed E-state index contributed by atoms with van der Waals surface area (Å²) >= 11 is 6.22. The molecule has 1 unspecified atom stereocenters. The summed E-state index contributed by atoms with van der Waals surface area (Å²) in [5, 5.41) is 2.58. The third kappa shape index (κ3) is 4.93. The van der Waals surface area contributed by atoms with E-state index in [-0.39, 0.29) is 22.3 Å². The van der Waals surface area contributed by atoms with Gasteiger partial charge in [-0.05, 0) is 24.3 Å². The number of aromatic nitrogens is 3. The average Bonchev–Trinajstić information content (AvgIpc) is 3.35. The Kier molecular flexibility index (Phi) is 6.93. The highest BCUT2D eigenvalue weighted by atomic mass is 35.5. The van der Waals surface area contributed by atoms with Crippen molar-refractivity contribution in [3.63, 3.8) is 0 Å². The van der Waals surface area contributed by atoms with Crippen LogP contribution in [0.4, 0.5) is 10.1 Å². The molecule has 37 heavy (non-hydrogen) atoms. The van der Waals surface area contributed by atoms with Crippen LogP contribution in [0.3, 0.4) is 0 Å². The monoisotopic (exact) mass is 521 g/mol. The molecule has 1 saturated heterocycles. The van der Waals surface area contributed by atoms with E-state index in [0.29, 0.717) is 55.1 Å². The summed E-state index contributed by atoms with van der Waals surface area (Å²) in [4.78, 5) is 47.7. The number of morpholine rings is 1. The number of fused-ring (bicyclic) bond motifs is 1. The van der Waals surface area contributed by atoms with Crippen molar-refractivity contribution < 1.29 is 23.5 Å². The Labute approximate surface area is 215 Å². The van der Waals surface area contributed by atoms with E-state index in [9.17, 15) is 18.8 Å². The molecule has 0 radical (unpaired) electrons. The highest BCUT2D eigenvalue weighted by Crippen LogP contribution is 2.29. The van der Waals surface area contributed by atoms with Crippen LogP contribution in [0.1, 0.15) is 22.0 Å². The SMILES string of the molecule is O=CC(C(=O)Nc1cc(-c2ccc3ncc(C(=O)N4CCOCC4)n3c2)cnc1Cl)c1ccccc1F. The topological polar surface area (TPSA) is 106 Å². The van der Waals surface area contributed by atoms with Crippen molar-refractivity contribution in [3.8, 4) is 11.1 Å². The largest absolute Gasteiger partial charge is 0.378 e. The van der Waals surface area contributed by atoms with Gasteiger partial charge >= 0.3 is 0 Å². The second-order valence-electron chi connectivity index (χ2n) is 8.38. The molecule has 1 atom stereocenters. The van der Waals surface area contributed by atoms with Crippen molar-refractivity contribution in [2.24, 2.45) is 0 Å². The van der Waals surface area contributed by atoms with E-state index in [1.54, 1.807) is 39.8 Å². The Hall–Kier alpha value is -4.15. The summed E-state index contributed by atoms with van der Waals surface area (Å²) in [7, 11) is 0. The molecule has 188 valence electrons. The zero-order valence-electron chi connectivity index (χ0n) is 19.4. The minimum atomic E-state index is -1.36. The molecule has 1 aliphatic rings. The summed E-state index contributed by atoms with van der Waals surface area (Å²) in [5.74, 6) is -2.92. The van der Waals surface area contributed by atoms with Crippen LogP contribution in [0.5, 0.6) is 0 Å². The molecule has 4 heterocycles. The number of rotatable bonds is 6. The van der Waals surface area contributed by atoms with Crippen molar-refractivity contribution in [1.82, 2.24) is 19.3 Å². The number of aldehydes is 1. The number of amides is 2. The second-order valence-corrected chi connectivity index (χ2v) is 8.74. The summed E-state index contributed by atoms with van der Waals surface area (Å²) in [6.45, 7) is 1.98. The maximum absolute atomic E-state index is 14.2. The number of anilines is 1. The van der Waals surface area contributed by atoms with E-state index in [1.807, 2.05) is 0 Å². The summed E-state index contributed by atoms with van der Waals surface area (Å²) < 4.78 is 21.2. The average molecular weight is 522 g/mol. The third-order valence-corrected chi connectivity index (χ3v) is 6.41. The summed E-state index contributed by atoms with van der Waals surface area (Å²) in [5.41, 5.74) is 2.39. The zero-order valence-corrected chi connectivity index (χ0v) is 20.2. The van der Waals surface area contributed by atoms with Crippen LogP contribution in [-0.2, 0) is 14.3 Å². The third-order valence-electron chi connectivity index (χ3n) is 6.11. The number of pyridine rings is 2. The van der Waals surface area contributed by atoms with Crippen LogP contribution in [0, 0.1) is 5.82 Å². The van der Waals surface area contributed by atoms with Crippen molar-refractivity contribution in [2.45, 2.75) is 5.92 Å². The molecule has 2 amide bonds. The first-order chi connectivity index (χ1) is 18.0. The van der Waals surface area contributed by atoms with Crippen LogP contribution in [-0.4, -0.2) is 63.7 Å². The molecule has 11 heteroatoms. The lowest BCUT2D eigenvalue weighted by atomic mass is 9.99. The minimum Gasteiger partial charge on any atom is -0.378 e. The number of halogens is 2. The molecular weight excluding hydrogens is 501 g/mol. The minimum absolute atomic E-state index is 0.00201. The van der Waals surface area contributed by atoms with E-state index in [1.165, 1.54) is 30.6 Å². The van der Waals surface area contributed by atoms with Gasteiger partial charge in [0.15, 0.2) is 5.15 Å². The molecule has 1 fully saturated rings. The van der Waals surface area contributed by atoms with Crippen LogP contribution in [0.2, 0.25) is 5.15 Å². The first-order valence-corrected chi connectivity index (χ1v) is 11.8. The molecular formula is C26H21ClFN5O4. The van der Waals surface area contributed by atoms with Crippen molar-refractivity contribution in [2.75, 3.05) is 31.6 Å². The van der Waals surface area contributed by atoms with Crippen LogP contribution in [0.15, 0.2) is 61.1 Å². The summed E-state index contributed by atoms with van der Waals surface area (Å²) in [6, 6.07) is 10.7. The van der Waals surface area contributed by atoms with E-state index in [0.717, 1.165) is 0 Å². The smallest absolute Gasteiger partial charge is 0.272 e. The maximum atomic E-state index is 14.2. The lowest BCUT2D eigenvalue weighted by Crippen LogP contribution is -2.41. The quantitative estimate of drug-likeness (QED) is 0.236. The molecule has 5 rings (SSSR count). The molecule has 1 N–H and O–H groups in total. The predicted octanol–water partition coefficient (Wildman–Crippen LogP) is 3.58. The molecule has 1 aromatic carbocycles. The number of carbonyl (C=O) groups is 3. The zero-order chi connectivity index (χ0) is 25.9. The van der Waals surface area contributed by atoms with Gasteiger partial charge in [0.25, 0.3) is 5.91 Å². The second kappa shape index (κ2) is 10.5. The first-order valence-electron chi connectivity index (χ1n) is 11.5. The first kappa shape index (κ1) is 24.5. The van der Waals surface area contributed by atoms with Crippen LogP contribution >= 0.6 is 11.6 Å². The van der Waals surface area contributed by atoms with Gasteiger partial charge in [0, 0.05) is 42.2 Å². The van der Waals surface area contributed by atoms with Crippen molar-refractivity contribution in [3.05, 3.63) is 83.3 Å². The molecule has 1 aliphatic heterocycles. The van der Waals surface area contributed by atoms with Gasteiger partial charge in [-0.2, -0.15) is 0 Å². The number of hydrogen-bond acceptors (Lipinski definition) is 6. The molecule has 0 bridgehead atoms. The number of nitrogens with zero attached hydrogens (tertiary/aromatic N) is 4. The molecule has 9 nitrogen and oxygen atoms in total. The van der Waals surface area contributed by atoms with Crippen molar-refractivity contribution in [1.29, 1.82) is 0 Å². The Bertz CT molecular complexity index is 1500. The van der Waals surface area contributed by atoms with Gasteiger partial charge in [-0.15, -0.1) is 0 Å². The van der Waals surface area contributed by atoms with Crippen molar-refractivity contribution >= 4 is 41.0 Å². The Balaban J connectivity index is 1.44. The number of benzene rings is 1. The fourth-order valence-corrected chi connectivity index (χ4v) is 4.30. The number of nitrogens with one attached hydrogen (secondary N) is 1. The van der Waals surface area contributed by atoms with E-state index < -0.39 is 17.6 Å². The molecule has 4 aromatic rings. The van der Waals surface area contributed by atoms with Crippen LogP contribution < -0.4 is 5.32 Å². The van der Waals surface area contributed by atoms with Gasteiger partial charge in [-0.3, -0.25) is 14.0 Å². The molecule has 0 spiro atoms. The Morgan fingerprint density at radius 1 is 1.08 bits per heavy atom. The fourth-order valence-electron chi connectivity index (χ4n) is 4.15. The Morgan fingerprint density at radius 2 is 1.86 bits per heavy atom. The number of hydrogen-bond donors (Lipinski definition) is 1. The maximum Gasteiger partial charge on any atom is 0.272 e. The predicted molar refractivity (Wildman–Crippen MR) is 134 cm³/mol. The normalized spacial score (nSPS) is 14.4. The highest BCUT2D eigenvalue weighted by molar-refractivity contribution is 6.32. The van der Waals surface area contributed by atoms with Gasteiger partial charge in [0.2, 0.25) is 5.91 Å². The van der Waals surface area contributed by atoms with Gasteiger partial charge in [0.05, 0.1) is 25.1 Å². The van der Waals surface area contributed by atoms with E-state index in [2.05, 4.69) is 15.3 Å². The highest BCUT2D eigenvalue weighted by Gasteiger charge is 2.25. The lowest BCUT2D eigenvalue weighted by Gasteiger charge is -2.26. The van der Waals surface area contributed by atoms with Gasteiger partial charge in [0.1, 0.15) is 29.4 Å².